The lowest BCUT2D eigenvalue weighted by molar-refractivity contribution is 0.317. The van der Waals surface area contributed by atoms with Gasteiger partial charge in [-0.3, -0.25) is 9.78 Å². The second kappa shape index (κ2) is 4.72. The highest BCUT2D eigenvalue weighted by Gasteiger charge is 2.13. The first kappa shape index (κ1) is 12.5. The van der Waals surface area contributed by atoms with Gasteiger partial charge in [-0.1, -0.05) is 20.8 Å². The summed E-state index contributed by atoms with van der Waals surface area (Å²) >= 11 is 0. The van der Waals surface area contributed by atoms with E-state index >= 15 is 0 Å². The SMILES string of the molecule is CC(C)(C)Cn1nc(-c2cccnc2)ccc1=O. The Bertz CT molecular complexity index is 582. The van der Waals surface area contributed by atoms with Gasteiger partial charge in [0.05, 0.1) is 5.69 Å². The van der Waals surface area contributed by atoms with Crippen LogP contribution in [0.5, 0.6) is 0 Å². The summed E-state index contributed by atoms with van der Waals surface area (Å²) in [6.45, 7) is 6.84. The number of nitrogens with zero attached hydrogens (tertiary/aromatic N) is 3. The van der Waals surface area contributed by atoms with Crippen molar-refractivity contribution in [3.63, 3.8) is 0 Å². The van der Waals surface area contributed by atoms with Crippen LogP contribution in [-0.4, -0.2) is 14.8 Å². The van der Waals surface area contributed by atoms with E-state index in [1.807, 2.05) is 12.1 Å². The third-order valence-electron chi connectivity index (χ3n) is 2.45. The van der Waals surface area contributed by atoms with Crippen LogP contribution in [-0.2, 0) is 6.54 Å². The molecular formula is C14H17N3O. The molecular weight excluding hydrogens is 226 g/mol. The van der Waals surface area contributed by atoms with Crippen LogP contribution < -0.4 is 5.56 Å². The van der Waals surface area contributed by atoms with Crippen molar-refractivity contribution in [1.82, 2.24) is 14.8 Å². The van der Waals surface area contributed by atoms with Gasteiger partial charge in [-0.2, -0.15) is 5.10 Å². The second-order valence-corrected chi connectivity index (χ2v) is 5.52. The van der Waals surface area contributed by atoms with Crippen LogP contribution in [0, 0.1) is 5.41 Å². The Kier molecular flexibility index (Phi) is 3.28. The molecule has 0 aliphatic heterocycles. The number of pyridine rings is 1. The zero-order chi connectivity index (χ0) is 13.2. The summed E-state index contributed by atoms with van der Waals surface area (Å²) in [5, 5.41) is 4.39. The molecule has 94 valence electrons. The van der Waals surface area contributed by atoms with Gasteiger partial charge in [0, 0.05) is 30.6 Å². The summed E-state index contributed by atoms with van der Waals surface area (Å²) in [4.78, 5) is 15.8. The molecule has 0 aliphatic rings. The average molecular weight is 243 g/mol. The van der Waals surface area contributed by atoms with Gasteiger partial charge in [0.15, 0.2) is 0 Å². The number of hydrogen-bond acceptors (Lipinski definition) is 3. The summed E-state index contributed by atoms with van der Waals surface area (Å²) in [5.41, 5.74) is 1.63. The number of aromatic nitrogens is 3. The molecule has 0 saturated carbocycles. The predicted octanol–water partition coefficient (Wildman–Crippen LogP) is 2.35. The Balaban J connectivity index is 2.42. The van der Waals surface area contributed by atoms with Gasteiger partial charge in [-0.05, 0) is 23.6 Å². The van der Waals surface area contributed by atoms with Crippen LogP contribution in [0.15, 0.2) is 41.5 Å². The Morgan fingerprint density at radius 2 is 2.00 bits per heavy atom. The van der Waals surface area contributed by atoms with Crippen molar-refractivity contribution in [2.45, 2.75) is 27.3 Å². The van der Waals surface area contributed by atoms with E-state index in [-0.39, 0.29) is 11.0 Å². The number of rotatable bonds is 2. The lowest BCUT2D eigenvalue weighted by Crippen LogP contribution is -2.28. The van der Waals surface area contributed by atoms with Gasteiger partial charge in [0.25, 0.3) is 5.56 Å². The standard InChI is InChI=1S/C14H17N3O/c1-14(2,3)10-17-13(18)7-6-12(16-17)11-5-4-8-15-9-11/h4-9H,10H2,1-3H3. The average Bonchev–Trinajstić information content (AvgIpc) is 2.31. The van der Waals surface area contributed by atoms with E-state index in [1.165, 1.54) is 4.68 Å². The molecule has 4 nitrogen and oxygen atoms in total. The van der Waals surface area contributed by atoms with E-state index in [0.29, 0.717) is 6.54 Å². The highest BCUT2D eigenvalue weighted by atomic mass is 16.1. The molecule has 0 aliphatic carbocycles. The van der Waals surface area contributed by atoms with Gasteiger partial charge >= 0.3 is 0 Å². The minimum absolute atomic E-state index is 0.0182. The maximum atomic E-state index is 11.8. The van der Waals surface area contributed by atoms with E-state index in [0.717, 1.165) is 11.3 Å². The van der Waals surface area contributed by atoms with E-state index in [9.17, 15) is 4.79 Å². The Morgan fingerprint density at radius 3 is 2.61 bits per heavy atom. The molecule has 0 aromatic carbocycles. The molecule has 0 amide bonds. The monoisotopic (exact) mass is 243 g/mol. The number of hydrogen-bond donors (Lipinski definition) is 0. The third-order valence-corrected chi connectivity index (χ3v) is 2.45. The van der Waals surface area contributed by atoms with Crippen molar-refractivity contribution in [2.24, 2.45) is 5.41 Å². The third kappa shape index (κ3) is 3.03. The largest absolute Gasteiger partial charge is 0.268 e. The van der Waals surface area contributed by atoms with Crippen LogP contribution in [0.4, 0.5) is 0 Å². The minimum Gasteiger partial charge on any atom is -0.268 e. The Labute approximate surface area is 106 Å². The van der Waals surface area contributed by atoms with Gasteiger partial charge in [0.2, 0.25) is 0 Å². The molecule has 0 N–H and O–H groups in total. The molecule has 2 aromatic rings. The fraction of sp³-hybridized carbons (Fsp3) is 0.357. The topological polar surface area (TPSA) is 47.8 Å². The summed E-state index contributed by atoms with van der Waals surface area (Å²) in [7, 11) is 0. The Morgan fingerprint density at radius 1 is 1.22 bits per heavy atom. The first-order chi connectivity index (χ1) is 8.46. The van der Waals surface area contributed by atoms with E-state index in [1.54, 1.807) is 24.5 Å². The van der Waals surface area contributed by atoms with Gasteiger partial charge < -0.3 is 0 Å². The van der Waals surface area contributed by atoms with Crippen LogP contribution in [0.25, 0.3) is 11.3 Å². The lowest BCUT2D eigenvalue weighted by atomic mass is 9.97. The van der Waals surface area contributed by atoms with E-state index in [2.05, 4.69) is 30.9 Å². The van der Waals surface area contributed by atoms with Crippen molar-refractivity contribution < 1.29 is 0 Å². The fourth-order valence-corrected chi connectivity index (χ4v) is 1.68. The van der Waals surface area contributed by atoms with E-state index < -0.39 is 0 Å². The molecule has 0 fully saturated rings. The lowest BCUT2D eigenvalue weighted by Gasteiger charge is -2.18. The second-order valence-electron chi connectivity index (χ2n) is 5.52. The highest BCUT2D eigenvalue weighted by molar-refractivity contribution is 5.56. The van der Waals surface area contributed by atoms with Crippen LogP contribution in [0.1, 0.15) is 20.8 Å². The Hall–Kier alpha value is -1.97. The zero-order valence-electron chi connectivity index (χ0n) is 10.9. The van der Waals surface area contributed by atoms with Crippen molar-refractivity contribution in [3.05, 3.63) is 47.0 Å². The molecule has 0 radical (unpaired) electrons. The normalized spacial score (nSPS) is 11.5. The van der Waals surface area contributed by atoms with Crippen LogP contribution in [0.3, 0.4) is 0 Å². The molecule has 0 unspecified atom stereocenters. The smallest absolute Gasteiger partial charge is 0.266 e. The highest BCUT2D eigenvalue weighted by Crippen LogP contribution is 2.16. The van der Waals surface area contributed by atoms with Gasteiger partial charge in [0.1, 0.15) is 0 Å². The summed E-state index contributed by atoms with van der Waals surface area (Å²) in [5.74, 6) is 0. The molecule has 18 heavy (non-hydrogen) atoms. The summed E-state index contributed by atoms with van der Waals surface area (Å²) in [6.07, 6.45) is 3.46. The minimum atomic E-state index is -0.0717. The molecule has 0 bridgehead atoms. The zero-order valence-corrected chi connectivity index (χ0v) is 10.9. The predicted molar refractivity (Wildman–Crippen MR) is 71.2 cm³/mol. The van der Waals surface area contributed by atoms with Crippen molar-refractivity contribution in [2.75, 3.05) is 0 Å². The molecule has 2 aromatic heterocycles. The first-order valence-corrected chi connectivity index (χ1v) is 5.94. The molecule has 0 saturated heterocycles. The van der Waals surface area contributed by atoms with Crippen molar-refractivity contribution in [3.8, 4) is 11.3 Å². The molecule has 0 spiro atoms. The van der Waals surface area contributed by atoms with E-state index in [4.69, 9.17) is 0 Å². The first-order valence-electron chi connectivity index (χ1n) is 5.94. The molecule has 2 heterocycles. The van der Waals surface area contributed by atoms with Crippen LogP contribution >= 0.6 is 0 Å². The molecule has 4 heteroatoms. The fourth-order valence-electron chi connectivity index (χ4n) is 1.68. The van der Waals surface area contributed by atoms with Crippen molar-refractivity contribution >= 4 is 0 Å². The molecule has 2 rings (SSSR count). The summed E-state index contributed by atoms with van der Waals surface area (Å²) < 4.78 is 1.52. The summed E-state index contributed by atoms with van der Waals surface area (Å²) in [6, 6.07) is 7.08. The quantitative estimate of drug-likeness (QED) is 0.813. The maximum Gasteiger partial charge on any atom is 0.266 e. The molecule has 0 atom stereocenters. The van der Waals surface area contributed by atoms with Crippen LogP contribution in [0.2, 0.25) is 0 Å². The van der Waals surface area contributed by atoms with Crippen molar-refractivity contribution in [1.29, 1.82) is 0 Å². The maximum absolute atomic E-state index is 11.8. The van der Waals surface area contributed by atoms with Gasteiger partial charge in [-0.25, -0.2) is 4.68 Å². The van der Waals surface area contributed by atoms with Gasteiger partial charge in [-0.15, -0.1) is 0 Å².